The molecule has 2 atom stereocenters. The van der Waals surface area contributed by atoms with E-state index in [-0.39, 0.29) is 17.5 Å². The van der Waals surface area contributed by atoms with Gasteiger partial charge in [0.1, 0.15) is 27.7 Å². The lowest BCUT2D eigenvalue weighted by molar-refractivity contribution is -0.141. The molecule has 28 heavy (non-hydrogen) atoms. The number of piperidine rings is 1. The molecule has 6 nitrogen and oxygen atoms in total. The molecule has 156 valence electrons. The Morgan fingerprint density at radius 3 is 2.50 bits per heavy atom. The Bertz CT molecular complexity index is 803. The number of hydrogen-bond acceptors (Lipinski definition) is 6. The van der Waals surface area contributed by atoms with Crippen molar-refractivity contribution in [2.75, 3.05) is 42.6 Å². The molecule has 10 heteroatoms. The summed E-state index contributed by atoms with van der Waals surface area (Å²) in [5.41, 5.74) is -0.911. The molecule has 1 aromatic heterocycles. The number of hydrogen-bond donors (Lipinski definition) is 0. The van der Waals surface area contributed by atoms with E-state index in [2.05, 4.69) is 14.9 Å². The summed E-state index contributed by atoms with van der Waals surface area (Å²) in [4.78, 5) is 11.8. The predicted molar refractivity (Wildman–Crippen MR) is 98.7 cm³/mol. The van der Waals surface area contributed by atoms with Crippen LogP contribution in [0, 0.1) is 11.8 Å². The van der Waals surface area contributed by atoms with Gasteiger partial charge in [0.15, 0.2) is 0 Å². The zero-order valence-corrected chi connectivity index (χ0v) is 16.4. The average molecular weight is 418 g/mol. The number of anilines is 1. The highest BCUT2D eigenvalue weighted by atomic mass is 32.2. The Balaban J connectivity index is 1.42. The van der Waals surface area contributed by atoms with Gasteiger partial charge in [0.2, 0.25) is 0 Å². The quantitative estimate of drug-likeness (QED) is 0.750. The second-order valence-electron chi connectivity index (χ2n) is 8.20. The number of aromatic nitrogens is 2. The monoisotopic (exact) mass is 418 g/mol. The van der Waals surface area contributed by atoms with Gasteiger partial charge in [-0.3, -0.25) is 4.90 Å². The molecular weight excluding hydrogens is 393 g/mol. The minimum atomic E-state index is -4.48. The van der Waals surface area contributed by atoms with E-state index in [0.717, 1.165) is 38.3 Å². The minimum absolute atomic E-state index is 0.271. The van der Waals surface area contributed by atoms with Crippen LogP contribution in [0.2, 0.25) is 0 Å². The lowest BCUT2D eigenvalue weighted by Gasteiger charge is -2.40. The number of alkyl halides is 3. The van der Waals surface area contributed by atoms with Gasteiger partial charge >= 0.3 is 6.18 Å². The largest absolute Gasteiger partial charge is 0.433 e. The summed E-state index contributed by atoms with van der Waals surface area (Å²) in [7, 11) is -2.87. The molecule has 3 fully saturated rings. The molecule has 0 saturated carbocycles. The highest BCUT2D eigenvalue weighted by molar-refractivity contribution is 7.91. The number of rotatable bonds is 3. The van der Waals surface area contributed by atoms with Crippen LogP contribution in [0.4, 0.5) is 19.0 Å². The van der Waals surface area contributed by atoms with Gasteiger partial charge in [0.25, 0.3) is 0 Å². The zero-order chi connectivity index (χ0) is 19.9. The predicted octanol–water partition coefficient (Wildman–Crippen LogP) is 2.22. The number of halogens is 3. The van der Waals surface area contributed by atoms with Gasteiger partial charge in [-0.1, -0.05) is 0 Å². The molecule has 2 unspecified atom stereocenters. The van der Waals surface area contributed by atoms with Crippen molar-refractivity contribution in [3.05, 3.63) is 18.1 Å². The summed E-state index contributed by atoms with van der Waals surface area (Å²) >= 11 is 0. The van der Waals surface area contributed by atoms with Crippen LogP contribution in [0.5, 0.6) is 0 Å². The van der Waals surface area contributed by atoms with Crippen molar-refractivity contribution in [1.82, 2.24) is 14.9 Å². The first-order valence-corrected chi connectivity index (χ1v) is 11.6. The Hall–Kier alpha value is -1.42. The van der Waals surface area contributed by atoms with Gasteiger partial charge in [-0.2, -0.15) is 13.2 Å². The van der Waals surface area contributed by atoms with Crippen molar-refractivity contribution in [3.63, 3.8) is 0 Å². The highest BCUT2D eigenvalue weighted by Crippen LogP contribution is 2.36. The van der Waals surface area contributed by atoms with E-state index in [1.165, 1.54) is 0 Å². The SMILES string of the molecule is O=S1(=O)CCC(CN2CCC3CCN(c4cc(C(F)(F)F)ncn4)CC32)CC1. The average Bonchev–Trinajstić information content (AvgIpc) is 3.05. The summed E-state index contributed by atoms with van der Waals surface area (Å²) in [5, 5.41) is 0. The molecule has 0 bridgehead atoms. The Morgan fingerprint density at radius 2 is 1.79 bits per heavy atom. The highest BCUT2D eigenvalue weighted by Gasteiger charge is 2.40. The van der Waals surface area contributed by atoms with E-state index in [1.54, 1.807) is 0 Å². The van der Waals surface area contributed by atoms with Crippen molar-refractivity contribution in [2.45, 2.75) is 37.9 Å². The third-order valence-corrected chi connectivity index (χ3v) is 8.13. The van der Waals surface area contributed by atoms with Crippen LogP contribution in [-0.4, -0.2) is 67.0 Å². The molecule has 1 aromatic rings. The van der Waals surface area contributed by atoms with Gasteiger partial charge < -0.3 is 4.90 Å². The molecule has 0 aromatic carbocycles. The fourth-order valence-corrected chi connectivity index (χ4v) is 6.38. The van der Waals surface area contributed by atoms with Gasteiger partial charge in [-0.25, -0.2) is 18.4 Å². The van der Waals surface area contributed by atoms with Gasteiger partial charge in [0.05, 0.1) is 11.5 Å². The lowest BCUT2D eigenvalue weighted by Crippen LogP contribution is -2.50. The van der Waals surface area contributed by atoms with E-state index in [0.29, 0.717) is 43.6 Å². The van der Waals surface area contributed by atoms with Crippen LogP contribution >= 0.6 is 0 Å². The van der Waals surface area contributed by atoms with E-state index < -0.39 is 21.7 Å². The molecule has 3 aliphatic heterocycles. The van der Waals surface area contributed by atoms with Crippen LogP contribution in [0.25, 0.3) is 0 Å². The van der Waals surface area contributed by atoms with Crippen molar-refractivity contribution < 1.29 is 21.6 Å². The molecule has 0 spiro atoms. The number of likely N-dealkylation sites (tertiary alicyclic amines) is 1. The first kappa shape index (κ1) is 19.9. The number of nitrogens with zero attached hydrogens (tertiary/aromatic N) is 4. The summed E-state index contributed by atoms with van der Waals surface area (Å²) in [6.07, 6.45) is -0.0376. The third kappa shape index (κ3) is 4.27. The van der Waals surface area contributed by atoms with Crippen molar-refractivity contribution in [2.24, 2.45) is 11.8 Å². The molecular formula is C18H25F3N4O2S. The Kier molecular flexibility index (Phi) is 5.28. The smallest absolute Gasteiger partial charge is 0.355 e. The number of fused-ring (bicyclic) bond motifs is 1. The maximum atomic E-state index is 13.0. The third-order valence-electron chi connectivity index (χ3n) is 6.41. The van der Waals surface area contributed by atoms with Gasteiger partial charge in [-0.15, -0.1) is 0 Å². The van der Waals surface area contributed by atoms with E-state index in [4.69, 9.17) is 0 Å². The molecule has 0 amide bonds. The standard InChI is InChI=1S/C18H25F3N4O2S/c19-18(20,21)16-9-17(23-12-22-16)25-6-2-14-1-5-24(15(14)11-25)10-13-3-7-28(26,27)8-4-13/h9,12-15H,1-8,10-11H2. The van der Waals surface area contributed by atoms with Crippen LogP contribution in [0.1, 0.15) is 31.4 Å². The summed E-state index contributed by atoms with van der Waals surface area (Å²) in [6, 6.07) is 1.32. The van der Waals surface area contributed by atoms with Crippen molar-refractivity contribution in [3.8, 4) is 0 Å². The summed E-state index contributed by atoms with van der Waals surface area (Å²) in [5.74, 6) is 1.80. The fraction of sp³-hybridized carbons (Fsp3) is 0.778. The van der Waals surface area contributed by atoms with Gasteiger partial charge in [-0.05, 0) is 44.1 Å². The minimum Gasteiger partial charge on any atom is -0.355 e. The van der Waals surface area contributed by atoms with E-state index in [1.807, 2.05) is 4.90 Å². The van der Waals surface area contributed by atoms with Gasteiger partial charge in [0, 0.05) is 31.7 Å². The first-order valence-electron chi connectivity index (χ1n) is 9.80. The Morgan fingerprint density at radius 1 is 1.07 bits per heavy atom. The Labute approximate surface area is 163 Å². The van der Waals surface area contributed by atoms with Crippen LogP contribution in [0.3, 0.4) is 0 Å². The zero-order valence-electron chi connectivity index (χ0n) is 15.6. The molecule has 0 radical (unpaired) electrons. The van der Waals surface area contributed by atoms with E-state index >= 15 is 0 Å². The molecule has 0 aliphatic carbocycles. The first-order chi connectivity index (χ1) is 13.2. The fourth-order valence-electron chi connectivity index (χ4n) is 4.79. The maximum absolute atomic E-state index is 13.0. The van der Waals surface area contributed by atoms with Crippen LogP contribution in [0.15, 0.2) is 12.4 Å². The van der Waals surface area contributed by atoms with Crippen LogP contribution in [-0.2, 0) is 16.0 Å². The molecule has 3 aliphatic rings. The second-order valence-corrected chi connectivity index (χ2v) is 10.5. The topological polar surface area (TPSA) is 66.4 Å². The lowest BCUT2D eigenvalue weighted by atomic mass is 9.91. The summed E-state index contributed by atoms with van der Waals surface area (Å²) < 4.78 is 62.2. The second kappa shape index (κ2) is 7.44. The molecule has 4 heterocycles. The molecule has 0 N–H and O–H groups in total. The normalized spacial score (nSPS) is 29.0. The van der Waals surface area contributed by atoms with Crippen molar-refractivity contribution in [1.29, 1.82) is 0 Å². The summed E-state index contributed by atoms with van der Waals surface area (Å²) in [6.45, 7) is 3.21. The van der Waals surface area contributed by atoms with E-state index in [9.17, 15) is 21.6 Å². The maximum Gasteiger partial charge on any atom is 0.433 e. The number of sulfone groups is 1. The van der Waals surface area contributed by atoms with Crippen molar-refractivity contribution >= 4 is 15.7 Å². The molecule has 4 rings (SSSR count). The molecule has 3 saturated heterocycles. The van der Waals surface area contributed by atoms with Crippen LogP contribution < -0.4 is 4.90 Å².